The van der Waals surface area contributed by atoms with Crippen molar-refractivity contribution in [2.24, 2.45) is 11.3 Å². The molecule has 13 heavy (non-hydrogen) atoms. The maximum absolute atomic E-state index is 10.9. The molecule has 0 aromatic rings. The number of hydrogen-bond donors (Lipinski definition) is 1. The number of allylic oxidation sites excluding steroid dienone is 1. The Kier molecular flexibility index (Phi) is 3.74. The summed E-state index contributed by atoms with van der Waals surface area (Å²) in [6.45, 7) is 9.31. The highest BCUT2D eigenvalue weighted by Gasteiger charge is 2.34. The summed E-state index contributed by atoms with van der Waals surface area (Å²) in [7, 11) is 0. The molecular formula is C11H16O2. The van der Waals surface area contributed by atoms with E-state index in [2.05, 4.69) is 12.5 Å². The highest BCUT2D eigenvalue weighted by atomic mass is 16.4. The van der Waals surface area contributed by atoms with E-state index in [0.717, 1.165) is 5.57 Å². The molecule has 1 unspecified atom stereocenters. The second-order valence-electron chi connectivity index (χ2n) is 3.80. The topological polar surface area (TPSA) is 37.3 Å². The molecule has 0 heterocycles. The van der Waals surface area contributed by atoms with Crippen LogP contribution in [0.4, 0.5) is 0 Å². The molecule has 1 N–H and O–H groups in total. The molecule has 0 rings (SSSR count). The van der Waals surface area contributed by atoms with Gasteiger partial charge in [0.2, 0.25) is 0 Å². The summed E-state index contributed by atoms with van der Waals surface area (Å²) in [6.07, 6.45) is 5.37. The van der Waals surface area contributed by atoms with Crippen LogP contribution in [0.1, 0.15) is 27.2 Å². The Labute approximate surface area is 79.7 Å². The first kappa shape index (κ1) is 11.8. The molecule has 2 heteroatoms. The van der Waals surface area contributed by atoms with E-state index in [9.17, 15) is 4.79 Å². The van der Waals surface area contributed by atoms with Gasteiger partial charge < -0.3 is 5.11 Å². The molecule has 0 aliphatic carbocycles. The van der Waals surface area contributed by atoms with Crippen molar-refractivity contribution in [1.82, 2.24) is 0 Å². The fourth-order valence-electron chi connectivity index (χ4n) is 1.07. The van der Waals surface area contributed by atoms with Gasteiger partial charge in [0, 0.05) is 6.42 Å². The quantitative estimate of drug-likeness (QED) is 0.532. The molecule has 0 aromatic heterocycles. The summed E-state index contributed by atoms with van der Waals surface area (Å²) >= 11 is 0. The Morgan fingerprint density at radius 1 is 1.69 bits per heavy atom. The zero-order chi connectivity index (χ0) is 10.6. The fraction of sp³-hybridized carbons (Fsp3) is 0.545. The van der Waals surface area contributed by atoms with Gasteiger partial charge in [0.15, 0.2) is 0 Å². The van der Waals surface area contributed by atoms with E-state index in [1.54, 1.807) is 0 Å². The molecule has 0 aliphatic heterocycles. The van der Waals surface area contributed by atoms with Crippen LogP contribution in [-0.2, 0) is 4.79 Å². The summed E-state index contributed by atoms with van der Waals surface area (Å²) in [5, 5.41) is 8.95. The number of hydrogen-bond acceptors (Lipinski definition) is 1. The number of aliphatic carboxylic acids is 1. The fourth-order valence-corrected chi connectivity index (χ4v) is 1.07. The molecule has 0 radical (unpaired) electrons. The van der Waals surface area contributed by atoms with Crippen molar-refractivity contribution in [3.8, 4) is 12.3 Å². The first-order chi connectivity index (χ1) is 5.84. The van der Waals surface area contributed by atoms with Gasteiger partial charge in [-0.3, -0.25) is 4.79 Å². The van der Waals surface area contributed by atoms with E-state index < -0.39 is 17.3 Å². The molecule has 0 fully saturated rings. The molecular weight excluding hydrogens is 164 g/mol. The minimum absolute atomic E-state index is 0.245. The molecule has 0 amide bonds. The molecule has 2 nitrogen and oxygen atoms in total. The largest absolute Gasteiger partial charge is 0.481 e. The average molecular weight is 180 g/mol. The lowest BCUT2D eigenvalue weighted by Crippen LogP contribution is -2.31. The zero-order valence-electron chi connectivity index (χ0n) is 8.42. The van der Waals surface area contributed by atoms with Gasteiger partial charge in [0.1, 0.15) is 0 Å². The van der Waals surface area contributed by atoms with Gasteiger partial charge in [-0.2, -0.15) is 0 Å². The lowest BCUT2D eigenvalue weighted by atomic mass is 9.72. The van der Waals surface area contributed by atoms with Gasteiger partial charge in [-0.05, 0) is 12.3 Å². The predicted octanol–water partition coefficient (Wildman–Crippen LogP) is 2.31. The van der Waals surface area contributed by atoms with Crippen LogP contribution in [0.5, 0.6) is 0 Å². The van der Waals surface area contributed by atoms with E-state index in [4.69, 9.17) is 11.5 Å². The van der Waals surface area contributed by atoms with Crippen LogP contribution in [0.3, 0.4) is 0 Å². The monoisotopic (exact) mass is 180 g/mol. The third-order valence-electron chi connectivity index (χ3n) is 2.59. The smallest absolute Gasteiger partial charge is 0.308 e. The third-order valence-corrected chi connectivity index (χ3v) is 2.59. The van der Waals surface area contributed by atoms with Gasteiger partial charge in [0.05, 0.1) is 5.92 Å². The van der Waals surface area contributed by atoms with Crippen molar-refractivity contribution in [3.05, 3.63) is 12.2 Å². The van der Waals surface area contributed by atoms with E-state index in [1.807, 2.05) is 20.8 Å². The van der Waals surface area contributed by atoms with Crippen LogP contribution in [0.2, 0.25) is 0 Å². The van der Waals surface area contributed by atoms with Gasteiger partial charge >= 0.3 is 5.97 Å². The van der Waals surface area contributed by atoms with Crippen molar-refractivity contribution in [2.45, 2.75) is 27.2 Å². The summed E-state index contributed by atoms with van der Waals surface area (Å²) in [4.78, 5) is 10.9. The van der Waals surface area contributed by atoms with E-state index >= 15 is 0 Å². The van der Waals surface area contributed by atoms with Crippen molar-refractivity contribution < 1.29 is 9.90 Å². The van der Waals surface area contributed by atoms with Crippen LogP contribution in [0, 0.1) is 23.7 Å². The number of rotatable bonds is 4. The molecule has 0 saturated heterocycles. The van der Waals surface area contributed by atoms with Crippen molar-refractivity contribution in [3.63, 3.8) is 0 Å². The lowest BCUT2D eigenvalue weighted by Gasteiger charge is -2.30. The van der Waals surface area contributed by atoms with Crippen molar-refractivity contribution >= 4 is 5.97 Å². The number of carboxylic acid groups (broad SMARTS) is 1. The zero-order valence-corrected chi connectivity index (χ0v) is 8.42. The standard InChI is InChI=1S/C11H16O2/c1-6-7-9(10(12)13)11(4,5)8(2)3/h1,9H,2,7H2,3-5H3,(H,12,13). The molecule has 1 atom stereocenters. The van der Waals surface area contributed by atoms with Gasteiger partial charge in [-0.15, -0.1) is 12.3 Å². The number of carboxylic acids is 1. The molecule has 72 valence electrons. The summed E-state index contributed by atoms with van der Waals surface area (Å²) < 4.78 is 0. The van der Waals surface area contributed by atoms with Gasteiger partial charge in [-0.25, -0.2) is 0 Å². The molecule has 0 aliphatic rings. The first-order valence-electron chi connectivity index (χ1n) is 4.16. The van der Waals surface area contributed by atoms with E-state index in [1.165, 1.54) is 0 Å². The summed E-state index contributed by atoms with van der Waals surface area (Å²) in [5.41, 5.74) is 0.397. The molecule has 0 aromatic carbocycles. The second kappa shape index (κ2) is 4.13. The highest BCUT2D eigenvalue weighted by molar-refractivity contribution is 5.72. The number of terminal acetylenes is 1. The maximum atomic E-state index is 10.9. The Morgan fingerprint density at radius 2 is 2.15 bits per heavy atom. The Bertz CT molecular complexity index is 256. The van der Waals surface area contributed by atoms with Gasteiger partial charge in [-0.1, -0.05) is 26.0 Å². The summed E-state index contributed by atoms with van der Waals surface area (Å²) in [6, 6.07) is 0. The van der Waals surface area contributed by atoms with E-state index in [-0.39, 0.29) is 6.42 Å². The maximum Gasteiger partial charge on any atom is 0.308 e. The highest BCUT2D eigenvalue weighted by Crippen LogP contribution is 2.35. The van der Waals surface area contributed by atoms with Crippen LogP contribution < -0.4 is 0 Å². The predicted molar refractivity (Wildman–Crippen MR) is 53.2 cm³/mol. The normalized spacial score (nSPS) is 13.1. The van der Waals surface area contributed by atoms with E-state index in [0.29, 0.717) is 0 Å². The number of carbonyl (C=O) groups is 1. The second-order valence-corrected chi connectivity index (χ2v) is 3.80. The summed E-state index contributed by atoms with van der Waals surface area (Å²) in [5.74, 6) is 0.986. The Morgan fingerprint density at radius 3 is 2.38 bits per heavy atom. The molecule has 0 spiro atoms. The minimum Gasteiger partial charge on any atom is -0.481 e. The van der Waals surface area contributed by atoms with Crippen LogP contribution >= 0.6 is 0 Å². The first-order valence-corrected chi connectivity index (χ1v) is 4.16. The van der Waals surface area contributed by atoms with Crippen molar-refractivity contribution in [2.75, 3.05) is 0 Å². The SMILES string of the molecule is C#CCC(C(=O)O)C(C)(C)C(=C)C. The molecule has 0 bridgehead atoms. The molecule has 0 saturated carbocycles. The van der Waals surface area contributed by atoms with Gasteiger partial charge in [0.25, 0.3) is 0 Å². The van der Waals surface area contributed by atoms with Crippen molar-refractivity contribution in [1.29, 1.82) is 0 Å². The van der Waals surface area contributed by atoms with Crippen LogP contribution in [0.15, 0.2) is 12.2 Å². The lowest BCUT2D eigenvalue weighted by molar-refractivity contribution is -0.144. The van der Waals surface area contributed by atoms with Crippen LogP contribution in [0.25, 0.3) is 0 Å². The third kappa shape index (κ3) is 2.62. The Hall–Kier alpha value is -1.23. The Balaban J connectivity index is 4.85. The van der Waals surface area contributed by atoms with Crippen LogP contribution in [-0.4, -0.2) is 11.1 Å². The average Bonchev–Trinajstić information content (AvgIpc) is 1.98. The minimum atomic E-state index is -0.856.